The molecule has 0 saturated carbocycles. The molecule has 1 atom stereocenters. The van der Waals surface area contributed by atoms with Crippen molar-refractivity contribution in [3.05, 3.63) is 34.3 Å². The van der Waals surface area contributed by atoms with E-state index in [9.17, 15) is 4.79 Å². The number of piperidine rings is 1. The van der Waals surface area contributed by atoms with E-state index in [0.717, 1.165) is 36.0 Å². The van der Waals surface area contributed by atoms with Crippen LogP contribution in [-0.4, -0.2) is 48.4 Å². The Bertz CT molecular complexity index is 491. The summed E-state index contributed by atoms with van der Waals surface area (Å²) in [5.74, 6) is -0.884. The highest BCUT2D eigenvalue weighted by molar-refractivity contribution is 9.10. The molecule has 1 heterocycles. The Morgan fingerprint density at radius 1 is 1.55 bits per heavy atom. The summed E-state index contributed by atoms with van der Waals surface area (Å²) in [6.45, 7) is 3.17. The number of halogens is 1. The SMILES string of the molecule is O=C(O)C1CCCN(CCN=Cc2cccc(Br)c2)C1. The van der Waals surface area contributed by atoms with Crippen LogP contribution >= 0.6 is 15.9 Å². The lowest BCUT2D eigenvalue weighted by molar-refractivity contribution is -0.143. The lowest BCUT2D eigenvalue weighted by Crippen LogP contribution is -2.39. The minimum Gasteiger partial charge on any atom is -0.481 e. The zero-order valence-electron chi connectivity index (χ0n) is 11.3. The molecule has 1 aromatic rings. The second kappa shape index (κ2) is 7.55. The maximum absolute atomic E-state index is 11.0. The molecule has 1 unspecified atom stereocenters. The van der Waals surface area contributed by atoms with Crippen molar-refractivity contribution < 1.29 is 9.90 Å². The van der Waals surface area contributed by atoms with Gasteiger partial charge in [0, 0.05) is 23.8 Å². The summed E-state index contributed by atoms with van der Waals surface area (Å²) in [7, 11) is 0. The summed E-state index contributed by atoms with van der Waals surface area (Å²) >= 11 is 3.43. The van der Waals surface area contributed by atoms with Gasteiger partial charge < -0.3 is 10.0 Å². The number of carboxylic acid groups (broad SMARTS) is 1. The van der Waals surface area contributed by atoms with Gasteiger partial charge in [0.2, 0.25) is 0 Å². The number of nitrogens with zero attached hydrogens (tertiary/aromatic N) is 2. The molecule has 0 bridgehead atoms. The van der Waals surface area contributed by atoms with Gasteiger partial charge in [0.15, 0.2) is 0 Å². The predicted molar refractivity (Wildman–Crippen MR) is 83.4 cm³/mol. The number of hydrogen-bond donors (Lipinski definition) is 1. The number of likely N-dealkylation sites (tertiary alicyclic amines) is 1. The lowest BCUT2D eigenvalue weighted by Gasteiger charge is -2.29. The van der Waals surface area contributed by atoms with E-state index in [0.29, 0.717) is 13.1 Å². The zero-order chi connectivity index (χ0) is 14.4. The van der Waals surface area contributed by atoms with Crippen LogP contribution in [0.2, 0.25) is 0 Å². The van der Waals surface area contributed by atoms with Crippen molar-refractivity contribution in [1.82, 2.24) is 4.90 Å². The summed E-state index contributed by atoms with van der Waals surface area (Å²) in [5, 5.41) is 9.04. The first-order chi connectivity index (χ1) is 9.65. The van der Waals surface area contributed by atoms with Gasteiger partial charge in [-0.05, 0) is 37.1 Å². The van der Waals surface area contributed by atoms with Gasteiger partial charge in [-0.2, -0.15) is 0 Å². The number of aliphatic imine (C=N–C) groups is 1. The van der Waals surface area contributed by atoms with Crippen LogP contribution < -0.4 is 0 Å². The van der Waals surface area contributed by atoms with E-state index in [1.807, 2.05) is 30.5 Å². The van der Waals surface area contributed by atoms with Gasteiger partial charge in [0.05, 0.1) is 12.5 Å². The van der Waals surface area contributed by atoms with Crippen LogP contribution in [0.3, 0.4) is 0 Å². The molecular weight excluding hydrogens is 320 g/mol. The van der Waals surface area contributed by atoms with E-state index in [-0.39, 0.29) is 5.92 Å². The highest BCUT2D eigenvalue weighted by Gasteiger charge is 2.24. The first-order valence-corrected chi connectivity index (χ1v) is 7.65. The highest BCUT2D eigenvalue weighted by Crippen LogP contribution is 2.16. The van der Waals surface area contributed by atoms with Crippen LogP contribution in [0.5, 0.6) is 0 Å². The number of carboxylic acids is 1. The number of hydrogen-bond acceptors (Lipinski definition) is 3. The summed E-state index contributed by atoms with van der Waals surface area (Å²) < 4.78 is 1.04. The average molecular weight is 339 g/mol. The standard InChI is InChI=1S/C15H19BrN2O2/c16-14-5-1-3-12(9-14)10-17-6-8-18-7-2-4-13(11-18)15(19)20/h1,3,5,9-10,13H,2,4,6-8,11H2,(H,19,20). The van der Waals surface area contributed by atoms with Gasteiger partial charge in [-0.25, -0.2) is 0 Å². The summed E-state index contributed by atoms with van der Waals surface area (Å²) in [6, 6.07) is 7.99. The number of benzene rings is 1. The van der Waals surface area contributed by atoms with Crippen molar-refractivity contribution in [2.75, 3.05) is 26.2 Å². The van der Waals surface area contributed by atoms with Gasteiger partial charge in [0.25, 0.3) is 0 Å². The van der Waals surface area contributed by atoms with E-state index in [4.69, 9.17) is 5.11 Å². The van der Waals surface area contributed by atoms with Crippen molar-refractivity contribution in [2.24, 2.45) is 10.9 Å². The van der Waals surface area contributed by atoms with E-state index in [1.165, 1.54) is 0 Å². The molecule has 2 rings (SSSR count). The van der Waals surface area contributed by atoms with E-state index < -0.39 is 5.97 Å². The van der Waals surface area contributed by atoms with Crippen molar-refractivity contribution in [3.63, 3.8) is 0 Å². The lowest BCUT2D eigenvalue weighted by atomic mass is 9.98. The van der Waals surface area contributed by atoms with Crippen LogP contribution in [0, 0.1) is 5.92 Å². The number of carbonyl (C=O) groups is 1. The quantitative estimate of drug-likeness (QED) is 0.839. The molecule has 5 heteroatoms. The topological polar surface area (TPSA) is 52.9 Å². The molecule has 1 saturated heterocycles. The van der Waals surface area contributed by atoms with Gasteiger partial charge in [-0.3, -0.25) is 9.79 Å². The van der Waals surface area contributed by atoms with Gasteiger partial charge >= 0.3 is 5.97 Å². The summed E-state index contributed by atoms with van der Waals surface area (Å²) in [4.78, 5) is 17.6. The maximum atomic E-state index is 11.0. The Labute approximate surface area is 127 Å². The molecule has 1 aliphatic heterocycles. The highest BCUT2D eigenvalue weighted by atomic mass is 79.9. The monoisotopic (exact) mass is 338 g/mol. The van der Waals surface area contributed by atoms with Crippen molar-refractivity contribution in [3.8, 4) is 0 Å². The number of aliphatic carboxylic acids is 1. The van der Waals surface area contributed by atoms with E-state index >= 15 is 0 Å². The molecule has 0 spiro atoms. The largest absolute Gasteiger partial charge is 0.481 e. The first kappa shape index (κ1) is 15.2. The molecule has 0 amide bonds. The molecule has 1 N–H and O–H groups in total. The molecule has 0 aromatic heterocycles. The summed E-state index contributed by atoms with van der Waals surface area (Å²) in [6.07, 6.45) is 3.63. The molecule has 1 aliphatic rings. The molecule has 1 fully saturated rings. The molecule has 0 radical (unpaired) electrons. The van der Waals surface area contributed by atoms with E-state index in [1.54, 1.807) is 0 Å². The normalized spacial score (nSPS) is 20.4. The van der Waals surface area contributed by atoms with Gasteiger partial charge in [-0.15, -0.1) is 0 Å². The Morgan fingerprint density at radius 3 is 3.15 bits per heavy atom. The van der Waals surface area contributed by atoms with Crippen LogP contribution in [0.25, 0.3) is 0 Å². The fourth-order valence-corrected chi connectivity index (χ4v) is 2.83. The molecule has 108 valence electrons. The molecule has 1 aromatic carbocycles. The molecule has 20 heavy (non-hydrogen) atoms. The Morgan fingerprint density at radius 2 is 2.40 bits per heavy atom. The fourth-order valence-electron chi connectivity index (χ4n) is 2.42. The Kier molecular flexibility index (Phi) is 5.73. The first-order valence-electron chi connectivity index (χ1n) is 6.86. The minimum absolute atomic E-state index is 0.210. The van der Waals surface area contributed by atoms with Gasteiger partial charge in [0.1, 0.15) is 0 Å². The fraction of sp³-hybridized carbons (Fsp3) is 0.467. The van der Waals surface area contributed by atoms with Crippen LogP contribution in [0.1, 0.15) is 18.4 Å². The zero-order valence-corrected chi connectivity index (χ0v) is 12.9. The second-order valence-electron chi connectivity index (χ2n) is 5.07. The average Bonchev–Trinajstić information content (AvgIpc) is 2.44. The second-order valence-corrected chi connectivity index (χ2v) is 5.98. The maximum Gasteiger partial charge on any atom is 0.307 e. The predicted octanol–water partition coefficient (Wildman–Crippen LogP) is 2.66. The smallest absolute Gasteiger partial charge is 0.307 e. The third kappa shape index (κ3) is 4.72. The number of rotatable bonds is 5. The van der Waals surface area contributed by atoms with Crippen molar-refractivity contribution in [2.45, 2.75) is 12.8 Å². The summed E-state index contributed by atoms with van der Waals surface area (Å²) in [5.41, 5.74) is 1.07. The molecule has 0 aliphatic carbocycles. The third-order valence-electron chi connectivity index (χ3n) is 3.49. The molecule has 4 nitrogen and oxygen atoms in total. The minimum atomic E-state index is -0.674. The van der Waals surface area contributed by atoms with Crippen LogP contribution in [-0.2, 0) is 4.79 Å². The van der Waals surface area contributed by atoms with Crippen molar-refractivity contribution >= 4 is 28.1 Å². The van der Waals surface area contributed by atoms with Gasteiger partial charge in [-0.1, -0.05) is 28.1 Å². The Balaban J connectivity index is 1.76. The molecular formula is C15H19BrN2O2. The van der Waals surface area contributed by atoms with E-state index in [2.05, 4.69) is 25.8 Å². The third-order valence-corrected chi connectivity index (χ3v) is 3.98. The Hall–Kier alpha value is -1.20. The van der Waals surface area contributed by atoms with Crippen molar-refractivity contribution in [1.29, 1.82) is 0 Å². The van der Waals surface area contributed by atoms with Crippen LogP contribution in [0.4, 0.5) is 0 Å². The van der Waals surface area contributed by atoms with Crippen LogP contribution in [0.15, 0.2) is 33.7 Å².